The highest BCUT2D eigenvalue weighted by molar-refractivity contribution is 7.21. The molecule has 182 valence electrons. The van der Waals surface area contributed by atoms with E-state index < -0.39 is 11.7 Å². The van der Waals surface area contributed by atoms with Crippen molar-refractivity contribution in [3.63, 3.8) is 0 Å². The van der Waals surface area contributed by atoms with Crippen LogP contribution in [0.3, 0.4) is 0 Å². The Morgan fingerprint density at radius 3 is 2.69 bits per heavy atom. The molecule has 1 aliphatic heterocycles. The number of rotatable bonds is 6. The van der Waals surface area contributed by atoms with Gasteiger partial charge in [-0.2, -0.15) is 13.2 Å². The standard InChI is InChI=1S/C26H24F3N3O2S/c1-17(6-3-7-18(2)32-12-14-34-15-13-32)30-24(33)21-10-5-11-22-23(21)31-25(35-22)19-8-4-9-20(16-19)26(27,28)29/h3-11,16H,2,12-15H2,1H3,(H,30,33)/b7-3-,17-6+. The molecule has 2 heterocycles. The van der Waals surface area contributed by atoms with Gasteiger partial charge in [0.25, 0.3) is 5.91 Å². The number of amides is 1. The van der Waals surface area contributed by atoms with Crippen LogP contribution in [0.15, 0.2) is 78.7 Å². The Hall–Kier alpha value is -3.43. The Kier molecular flexibility index (Phi) is 7.37. The van der Waals surface area contributed by atoms with Crippen LogP contribution in [0.4, 0.5) is 13.2 Å². The first kappa shape index (κ1) is 24.7. The van der Waals surface area contributed by atoms with Crippen LogP contribution in [0.5, 0.6) is 0 Å². The number of ether oxygens (including phenoxy) is 1. The van der Waals surface area contributed by atoms with Crippen molar-refractivity contribution in [3.05, 3.63) is 89.8 Å². The smallest absolute Gasteiger partial charge is 0.378 e. The second-order valence-corrected chi connectivity index (χ2v) is 9.03. The Morgan fingerprint density at radius 1 is 1.20 bits per heavy atom. The van der Waals surface area contributed by atoms with Gasteiger partial charge < -0.3 is 15.0 Å². The summed E-state index contributed by atoms with van der Waals surface area (Å²) in [6.07, 6.45) is 1.04. The van der Waals surface area contributed by atoms with E-state index in [1.807, 2.05) is 12.2 Å². The van der Waals surface area contributed by atoms with Gasteiger partial charge in [0, 0.05) is 30.0 Å². The third-order valence-electron chi connectivity index (χ3n) is 5.46. The average molecular weight is 500 g/mol. The summed E-state index contributed by atoms with van der Waals surface area (Å²) in [6, 6.07) is 10.2. The van der Waals surface area contributed by atoms with Gasteiger partial charge in [0.05, 0.1) is 34.6 Å². The number of alkyl halides is 3. The molecule has 1 fully saturated rings. The normalized spacial score (nSPS) is 15.1. The first-order chi connectivity index (χ1) is 16.7. The van der Waals surface area contributed by atoms with Gasteiger partial charge in [-0.25, -0.2) is 4.98 Å². The molecule has 5 nitrogen and oxygen atoms in total. The fourth-order valence-corrected chi connectivity index (χ4v) is 4.62. The molecule has 0 radical (unpaired) electrons. The monoisotopic (exact) mass is 499 g/mol. The number of hydrogen-bond donors (Lipinski definition) is 1. The van der Waals surface area contributed by atoms with Crippen LogP contribution >= 0.6 is 11.3 Å². The van der Waals surface area contributed by atoms with Crippen LogP contribution in [0, 0.1) is 0 Å². The Bertz CT molecular complexity index is 1300. The highest BCUT2D eigenvalue weighted by Gasteiger charge is 2.30. The van der Waals surface area contributed by atoms with Gasteiger partial charge in [0.15, 0.2) is 0 Å². The van der Waals surface area contributed by atoms with Gasteiger partial charge in [-0.05, 0) is 43.3 Å². The summed E-state index contributed by atoms with van der Waals surface area (Å²) in [5, 5.41) is 3.26. The zero-order valence-corrected chi connectivity index (χ0v) is 19.9. The van der Waals surface area contributed by atoms with Crippen molar-refractivity contribution < 1.29 is 22.7 Å². The number of carbonyl (C=O) groups excluding carboxylic acids is 1. The zero-order valence-electron chi connectivity index (χ0n) is 19.1. The Balaban J connectivity index is 1.50. The second kappa shape index (κ2) is 10.5. The van der Waals surface area contributed by atoms with Crippen LogP contribution in [0.25, 0.3) is 20.8 Å². The highest BCUT2D eigenvalue weighted by atomic mass is 32.1. The molecule has 35 heavy (non-hydrogen) atoms. The van der Waals surface area contributed by atoms with Crippen LogP contribution in [0.2, 0.25) is 0 Å². The quantitative estimate of drug-likeness (QED) is 0.422. The number of nitrogens with one attached hydrogen (secondary N) is 1. The van der Waals surface area contributed by atoms with Gasteiger partial charge in [-0.1, -0.05) is 30.9 Å². The molecule has 2 aromatic carbocycles. The van der Waals surface area contributed by atoms with Crippen LogP contribution in [0.1, 0.15) is 22.8 Å². The molecule has 0 spiro atoms. The third-order valence-corrected chi connectivity index (χ3v) is 6.53. The fourth-order valence-electron chi connectivity index (χ4n) is 3.63. The van der Waals surface area contributed by atoms with E-state index in [1.165, 1.54) is 17.4 Å². The molecule has 0 unspecified atom stereocenters. The van der Waals surface area contributed by atoms with E-state index in [-0.39, 0.29) is 5.91 Å². The first-order valence-electron chi connectivity index (χ1n) is 11.0. The molecule has 4 rings (SSSR count). The number of benzene rings is 2. The number of thiazole rings is 1. The van der Waals surface area contributed by atoms with E-state index in [4.69, 9.17) is 4.74 Å². The van der Waals surface area contributed by atoms with Gasteiger partial charge in [-0.3, -0.25) is 4.79 Å². The lowest BCUT2D eigenvalue weighted by Crippen LogP contribution is -2.34. The number of morpholine rings is 1. The maximum Gasteiger partial charge on any atom is 0.416 e. The topological polar surface area (TPSA) is 54.5 Å². The third kappa shape index (κ3) is 5.98. The molecule has 1 N–H and O–H groups in total. The summed E-state index contributed by atoms with van der Waals surface area (Å²) in [6.45, 7) is 8.78. The predicted molar refractivity (Wildman–Crippen MR) is 132 cm³/mol. The van der Waals surface area contributed by atoms with Crippen molar-refractivity contribution in [2.75, 3.05) is 26.3 Å². The Morgan fingerprint density at radius 2 is 1.94 bits per heavy atom. The van der Waals surface area contributed by atoms with Crippen molar-refractivity contribution >= 4 is 27.5 Å². The minimum Gasteiger partial charge on any atom is -0.378 e. The van der Waals surface area contributed by atoms with E-state index >= 15 is 0 Å². The molecular formula is C26H24F3N3O2S. The molecule has 0 atom stereocenters. The van der Waals surface area contributed by atoms with Crippen LogP contribution in [-0.4, -0.2) is 42.1 Å². The van der Waals surface area contributed by atoms with Crippen LogP contribution in [-0.2, 0) is 10.9 Å². The van der Waals surface area contributed by atoms with Crippen molar-refractivity contribution in [2.45, 2.75) is 13.1 Å². The predicted octanol–water partition coefficient (Wildman–Crippen LogP) is 6.02. The number of nitrogens with zero attached hydrogens (tertiary/aromatic N) is 2. The maximum absolute atomic E-state index is 13.1. The summed E-state index contributed by atoms with van der Waals surface area (Å²) in [7, 11) is 0. The van der Waals surface area contributed by atoms with Crippen molar-refractivity contribution in [1.82, 2.24) is 15.2 Å². The maximum atomic E-state index is 13.1. The van der Waals surface area contributed by atoms with E-state index in [2.05, 4.69) is 21.8 Å². The number of aromatic nitrogens is 1. The SMILES string of the molecule is C=C(/C=C\C=C(/C)NC(=O)c1cccc2sc(-c3cccc(C(F)(F)F)c3)nc12)N1CCOCC1. The lowest BCUT2D eigenvalue weighted by molar-refractivity contribution is -0.137. The molecule has 9 heteroatoms. The van der Waals surface area contributed by atoms with Gasteiger partial charge in [-0.15, -0.1) is 11.3 Å². The molecule has 1 saturated heterocycles. The number of halogens is 3. The van der Waals surface area contributed by atoms with Crippen LogP contribution < -0.4 is 5.32 Å². The summed E-state index contributed by atoms with van der Waals surface area (Å²) in [5.74, 6) is -0.342. The Labute approximate surface area is 205 Å². The summed E-state index contributed by atoms with van der Waals surface area (Å²) in [4.78, 5) is 19.6. The molecule has 1 aliphatic rings. The molecule has 1 aromatic heterocycles. The van der Waals surface area contributed by atoms with E-state index in [0.717, 1.165) is 30.9 Å². The number of fused-ring (bicyclic) bond motifs is 1. The van der Waals surface area contributed by atoms with Gasteiger partial charge in [0.2, 0.25) is 0 Å². The minimum atomic E-state index is -4.44. The second-order valence-electron chi connectivity index (χ2n) is 8.00. The average Bonchev–Trinajstić information content (AvgIpc) is 3.28. The molecule has 3 aromatic rings. The van der Waals surface area contributed by atoms with E-state index in [1.54, 1.807) is 37.3 Å². The highest BCUT2D eigenvalue weighted by Crippen LogP contribution is 2.35. The van der Waals surface area contributed by atoms with Crippen molar-refractivity contribution in [2.24, 2.45) is 0 Å². The molecule has 0 saturated carbocycles. The fraction of sp³-hybridized carbons (Fsp3) is 0.231. The zero-order chi connectivity index (χ0) is 25.0. The number of carbonyl (C=O) groups is 1. The summed E-state index contributed by atoms with van der Waals surface area (Å²) >= 11 is 1.24. The lowest BCUT2D eigenvalue weighted by Gasteiger charge is -2.28. The number of para-hydroxylation sites is 1. The molecule has 0 aliphatic carbocycles. The number of allylic oxidation sites excluding steroid dienone is 4. The minimum absolute atomic E-state index is 0.342. The number of hydrogen-bond acceptors (Lipinski definition) is 5. The van der Waals surface area contributed by atoms with Crippen molar-refractivity contribution in [3.8, 4) is 10.6 Å². The largest absolute Gasteiger partial charge is 0.416 e. The van der Waals surface area contributed by atoms with Gasteiger partial charge in [0.1, 0.15) is 5.01 Å². The molecule has 0 bridgehead atoms. The van der Waals surface area contributed by atoms with Gasteiger partial charge >= 0.3 is 6.18 Å². The first-order valence-corrected chi connectivity index (χ1v) is 11.8. The van der Waals surface area contributed by atoms with E-state index in [0.29, 0.717) is 45.3 Å². The van der Waals surface area contributed by atoms with E-state index in [9.17, 15) is 18.0 Å². The van der Waals surface area contributed by atoms with Crippen molar-refractivity contribution in [1.29, 1.82) is 0 Å². The summed E-state index contributed by atoms with van der Waals surface area (Å²) in [5.41, 5.74) is 1.92. The lowest BCUT2D eigenvalue weighted by atomic mass is 10.1. The molecular weight excluding hydrogens is 475 g/mol. The summed E-state index contributed by atoms with van der Waals surface area (Å²) < 4.78 is 45.4. The molecule has 1 amide bonds.